The maximum Gasteiger partial charge on any atom is 0.345 e. The van der Waals surface area contributed by atoms with Crippen LogP contribution in [0.2, 0.25) is 0 Å². The van der Waals surface area contributed by atoms with Crippen LogP contribution in [0.15, 0.2) is 11.0 Å². The van der Waals surface area contributed by atoms with E-state index in [-0.39, 0.29) is 17.0 Å². The highest BCUT2D eigenvalue weighted by Gasteiger charge is 2.15. The third-order valence-electron chi connectivity index (χ3n) is 2.13. The lowest BCUT2D eigenvalue weighted by Crippen LogP contribution is -2.28. The second-order valence-corrected chi connectivity index (χ2v) is 3.54. The lowest BCUT2D eigenvalue weighted by atomic mass is 10.2. The van der Waals surface area contributed by atoms with E-state index in [0.29, 0.717) is 5.82 Å². The van der Waals surface area contributed by atoms with Crippen molar-refractivity contribution in [3.63, 3.8) is 0 Å². The van der Waals surface area contributed by atoms with Gasteiger partial charge in [-0.2, -0.15) is 0 Å². The summed E-state index contributed by atoms with van der Waals surface area (Å²) in [6.45, 7) is 3.86. The average Bonchev–Trinajstić information content (AvgIpc) is 2.20. The smallest absolute Gasteiger partial charge is 0.345 e. The third-order valence-corrected chi connectivity index (χ3v) is 2.13. The summed E-state index contributed by atoms with van der Waals surface area (Å²) in [4.78, 5) is 27.0. The molecule has 1 heterocycles. The van der Waals surface area contributed by atoms with Crippen LogP contribution in [0.25, 0.3) is 0 Å². The molecule has 0 saturated carbocycles. The highest BCUT2D eigenvalue weighted by Crippen LogP contribution is 2.08. The number of hydrogen-bond donors (Lipinski definition) is 0. The first-order valence-electron chi connectivity index (χ1n) is 4.63. The van der Waals surface area contributed by atoms with Gasteiger partial charge in [0.15, 0.2) is 0 Å². The fourth-order valence-electron chi connectivity index (χ4n) is 1.34. The van der Waals surface area contributed by atoms with Crippen molar-refractivity contribution in [1.82, 2.24) is 9.55 Å². The summed E-state index contributed by atoms with van der Waals surface area (Å²) < 4.78 is 5.85. The first-order chi connectivity index (χ1) is 6.99. The van der Waals surface area contributed by atoms with Crippen LogP contribution in [0.3, 0.4) is 0 Å². The first-order valence-corrected chi connectivity index (χ1v) is 4.63. The van der Waals surface area contributed by atoms with Crippen molar-refractivity contribution in [2.45, 2.75) is 19.8 Å². The number of esters is 1. The molecule has 0 saturated heterocycles. The van der Waals surface area contributed by atoms with E-state index < -0.39 is 5.97 Å². The normalized spacial score (nSPS) is 10.5. The van der Waals surface area contributed by atoms with Crippen molar-refractivity contribution in [1.29, 1.82) is 0 Å². The number of aromatic nitrogens is 2. The van der Waals surface area contributed by atoms with Crippen molar-refractivity contribution in [2.75, 3.05) is 7.11 Å². The van der Waals surface area contributed by atoms with Gasteiger partial charge in [0.25, 0.3) is 5.56 Å². The van der Waals surface area contributed by atoms with Gasteiger partial charge in [0, 0.05) is 19.2 Å². The predicted molar refractivity (Wildman–Crippen MR) is 54.9 cm³/mol. The van der Waals surface area contributed by atoms with E-state index in [0.717, 1.165) is 0 Å². The highest BCUT2D eigenvalue weighted by atomic mass is 16.5. The zero-order chi connectivity index (χ0) is 11.6. The summed E-state index contributed by atoms with van der Waals surface area (Å²) in [5.74, 6) is 0.125. The molecule has 0 aromatic carbocycles. The van der Waals surface area contributed by atoms with Crippen LogP contribution in [-0.2, 0) is 11.8 Å². The minimum Gasteiger partial charge on any atom is -0.465 e. The minimum absolute atomic E-state index is 0.0376. The molecule has 1 aromatic rings. The number of nitrogens with zero attached hydrogens (tertiary/aromatic N) is 2. The molecule has 0 radical (unpaired) electrons. The van der Waals surface area contributed by atoms with E-state index in [1.165, 1.54) is 17.9 Å². The molecule has 0 spiro atoms. The predicted octanol–water partition coefficient (Wildman–Crippen LogP) is 0.690. The Morgan fingerprint density at radius 3 is 2.60 bits per heavy atom. The van der Waals surface area contributed by atoms with Gasteiger partial charge in [0.05, 0.1) is 7.11 Å². The molecule has 82 valence electrons. The maximum atomic E-state index is 11.7. The molecule has 0 fully saturated rings. The number of hydrogen-bond acceptors (Lipinski definition) is 4. The highest BCUT2D eigenvalue weighted by molar-refractivity contribution is 5.88. The number of rotatable bonds is 2. The Morgan fingerprint density at radius 1 is 1.53 bits per heavy atom. The second kappa shape index (κ2) is 4.25. The van der Waals surface area contributed by atoms with Gasteiger partial charge >= 0.3 is 5.97 Å². The largest absolute Gasteiger partial charge is 0.465 e. The number of methoxy groups -OCH3 is 1. The Labute approximate surface area is 87.7 Å². The van der Waals surface area contributed by atoms with Crippen molar-refractivity contribution in [2.24, 2.45) is 7.05 Å². The summed E-state index contributed by atoms with van der Waals surface area (Å²) in [6.07, 6.45) is 1.27. The SMILES string of the molecule is COC(=O)c1cnc(C(C)C)n(C)c1=O. The standard InChI is InChI=1S/C10H14N2O3/c1-6(2)8-11-5-7(10(14)15-4)9(13)12(8)3/h5-6H,1-4H3. The molecule has 0 unspecified atom stereocenters. The van der Waals surface area contributed by atoms with Gasteiger partial charge in [-0.15, -0.1) is 0 Å². The van der Waals surface area contributed by atoms with Crippen LogP contribution in [0.4, 0.5) is 0 Å². The van der Waals surface area contributed by atoms with E-state index in [4.69, 9.17) is 0 Å². The Morgan fingerprint density at radius 2 is 2.13 bits per heavy atom. The zero-order valence-corrected chi connectivity index (χ0v) is 9.27. The van der Waals surface area contributed by atoms with Gasteiger partial charge in [0.2, 0.25) is 0 Å². The Hall–Kier alpha value is -1.65. The van der Waals surface area contributed by atoms with E-state index in [1.54, 1.807) is 7.05 Å². The molecule has 1 rings (SSSR count). The Bertz CT molecular complexity index is 435. The maximum absolute atomic E-state index is 11.7. The number of carbonyl (C=O) groups is 1. The first kappa shape index (κ1) is 11.4. The summed E-state index contributed by atoms with van der Waals surface area (Å²) in [5, 5.41) is 0. The van der Waals surface area contributed by atoms with Gasteiger partial charge in [-0.3, -0.25) is 9.36 Å². The quantitative estimate of drug-likeness (QED) is 0.674. The molecule has 5 nitrogen and oxygen atoms in total. The molecule has 0 aliphatic heterocycles. The molecule has 0 aliphatic carbocycles. The summed E-state index contributed by atoms with van der Waals surface area (Å²) in [5.41, 5.74) is -0.412. The van der Waals surface area contributed by atoms with E-state index in [1.807, 2.05) is 13.8 Å². The fraction of sp³-hybridized carbons (Fsp3) is 0.500. The molecule has 0 atom stereocenters. The second-order valence-electron chi connectivity index (χ2n) is 3.54. The molecule has 0 bridgehead atoms. The fourth-order valence-corrected chi connectivity index (χ4v) is 1.34. The van der Waals surface area contributed by atoms with Crippen LogP contribution in [0.5, 0.6) is 0 Å². The van der Waals surface area contributed by atoms with Crippen LogP contribution < -0.4 is 5.56 Å². The van der Waals surface area contributed by atoms with Gasteiger partial charge in [-0.1, -0.05) is 13.8 Å². The Kier molecular flexibility index (Phi) is 3.24. The van der Waals surface area contributed by atoms with E-state index >= 15 is 0 Å². The summed E-state index contributed by atoms with van der Waals surface area (Å²) >= 11 is 0. The zero-order valence-electron chi connectivity index (χ0n) is 9.27. The van der Waals surface area contributed by atoms with Crippen molar-refractivity contribution in [3.8, 4) is 0 Å². The molecular formula is C10H14N2O3. The minimum atomic E-state index is -0.654. The van der Waals surface area contributed by atoms with Gasteiger partial charge in [0.1, 0.15) is 11.4 Å². The van der Waals surface area contributed by atoms with Gasteiger partial charge < -0.3 is 4.74 Å². The van der Waals surface area contributed by atoms with E-state index in [9.17, 15) is 9.59 Å². The molecule has 0 N–H and O–H groups in total. The molecule has 1 aromatic heterocycles. The molecule has 5 heteroatoms. The van der Waals surface area contributed by atoms with Crippen LogP contribution in [0.1, 0.15) is 35.9 Å². The molecule has 0 aliphatic rings. The van der Waals surface area contributed by atoms with Crippen molar-refractivity contribution in [3.05, 3.63) is 27.9 Å². The monoisotopic (exact) mass is 210 g/mol. The lowest BCUT2D eigenvalue weighted by Gasteiger charge is -2.10. The average molecular weight is 210 g/mol. The Balaban J connectivity index is 3.34. The summed E-state index contributed by atoms with van der Waals surface area (Å²) in [7, 11) is 2.83. The van der Waals surface area contributed by atoms with Gasteiger partial charge in [-0.05, 0) is 0 Å². The van der Waals surface area contributed by atoms with Crippen LogP contribution in [-0.4, -0.2) is 22.6 Å². The molecular weight excluding hydrogens is 196 g/mol. The summed E-state index contributed by atoms with van der Waals surface area (Å²) in [6, 6.07) is 0. The number of carbonyl (C=O) groups excluding carboxylic acids is 1. The van der Waals surface area contributed by atoms with Crippen molar-refractivity contribution >= 4 is 5.97 Å². The third kappa shape index (κ3) is 2.06. The number of ether oxygens (including phenoxy) is 1. The van der Waals surface area contributed by atoms with Crippen LogP contribution in [0, 0.1) is 0 Å². The van der Waals surface area contributed by atoms with Crippen molar-refractivity contribution < 1.29 is 9.53 Å². The molecule has 15 heavy (non-hydrogen) atoms. The lowest BCUT2D eigenvalue weighted by molar-refractivity contribution is 0.0597. The van der Waals surface area contributed by atoms with Gasteiger partial charge in [-0.25, -0.2) is 9.78 Å². The van der Waals surface area contributed by atoms with E-state index in [2.05, 4.69) is 9.72 Å². The van der Waals surface area contributed by atoms with Crippen LogP contribution >= 0.6 is 0 Å². The topological polar surface area (TPSA) is 61.2 Å². The molecule has 0 amide bonds.